The molecule has 0 saturated heterocycles. The van der Waals surface area contributed by atoms with Gasteiger partial charge in [0, 0.05) is 36.6 Å². The van der Waals surface area contributed by atoms with Crippen molar-refractivity contribution >= 4 is 11.7 Å². The third kappa shape index (κ3) is 2.57. The second kappa shape index (κ2) is 6.18. The van der Waals surface area contributed by atoms with Gasteiger partial charge >= 0.3 is 0 Å². The lowest BCUT2D eigenvalue weighted by atomic mass is 10.0. The van der Waals surface area contributed by atoms with Crippen LogP contribution in [-0.4, -0.2) is 34.9 Å². The number of amides is 1. The highest BCUT2D eigenvalue weighted by Gasteiger charge is 2.30. The minimum atomic E-state index is -0.0318. The minimum absolute atomic E-state index is 0.0318. The van der Waals surface area contributed by atoms with Gasteiger partial charge in [0.1, 0.15) is 0 Å². The minimum Gasteiger partial charge on any atom is -0.491 e. The van der Waals surface area contributed by atoms with E-state index in [2.05, 4.69) is 10.1 Å². The van der Waals surface area contributed by atoms with Crippen LogP contribution in [0, 0.1) is 0 Å². The van der Waals surface area contributed by atoms with Crippen molar-refractivity contribution in [2.45, 2.75) is 6.54 Å². The number of anilines is 1. The van der Waals surface area contributed by atoms with Gasteiger partial charge in [0.2, 0.25) is 0 Å². The first kappa shape index (κ1) is 16.1. The number of carbonyl (C=O) groups is 1. The fraction of sp³-hybridized carbons (Fsp3) is 0.211. The molecule has 0 N–H and O–H groups in total. The molecule has 7 nitrogen and oxygen atoms in total. The van der Waals surface area contributed by atoms with Crippen molar-refractivity contribution in [2.24, 2.45) is 7.05 Å². The number of fused-ring (bicyclic) bond motifs is 1. The maximum absolute atomic E-state index is 12.7. The smallest absolute Gasteiger partial charge is 0.260 e. The number of aromatic nitrogens is 3. The van der Waals surface area contributed by atoms with Gasteiger partial charge in [-0.15, -0.1) is 0 Å². The molecule has 0 aliphatic carbocycles. The highest BCUT2D eigenvalue weighted by atomic mass is 16.5. The second-order valence-corrected chi connectivity index (χ2v) is 6.05. The zero-order chi connectivity index (χ0) is 18.3. The van der Waals surface area contributed by atoms with Crippen molar-refractivity contribution in [3.8, 4) is 22.8 Å². The molecule has 1 aliphatic heterocycles. The summed E-state index contributed by atoms with van der Waals surface area (Å²) < 4.78 is 12.2. The van der Waals surface area contributed by atoms with Crippen LogP contribution in [0.1, 0.15) is 15.9 Å². The number of hydrogen-bond donors (Lipinski definition) is 0. The molecule has 0 fully saturated rings. The molecule has 3 aromatic rings. The zero-order valence-electron chi connectivity index (χ0n) is 14.8. The van der Waals surface area contributed by atoms with E-state index in [1.165, 1.54) is 0 Å². The highest BCUT2D eigenvalue weighted by Crippen LogP contribution is 2.33. The molecule has 0 radical (unpaired) electrons. The van der Waals surface area contributed by atoms with Gasteiger partial charge in [-0.3, -0.25) is 14.4 Å². The maximum Gasteiger partial charge on any atom is 0.260 e. The van der Waals surface area contributed by atoms with Crippen molar-refractivity contribution in [3.05, 3.63) is 53.9 Å². The molecule has 0 unspecified atom stereocenters. The van der Waals surface area contributed by atoms with Crippen molar-refractivity contribution in [1.82, 2.24) is 14.8 Å². The number of hydrogen-bond acceptors (Lipinski definition) is 5. The third-order valence-electron chi connectivity index (χ3n) is 4.45. The SMILES string of the molecule is COc1cc(-c2ccc3c(c2)CN(c2ccn(C)n2)C3=O)cnc1OC. The van der Waals surface area contributed by atoms with Crippen LogP contribution in [0.3, 0.4) is 0 Å². The summed E-state index contributed by atoms with van der Waals surface area (Å²) in [7, 11) is 4.96. The van der Waals surface area contributed by atoms with E-state index < -0.39 is 0 Å². The normalized spacial score (nSPS) is 13.0. The summed E-state index contributed by atoms with van der Waals surface area (Å²) in [5.41, 5.74) is 3.53. The maximum atomic E-state index is 12.7. The van der Waals surface area contributed by atoms with Crippen molar-refractivity contribution < 1.29 is 14.3 Å². The molecule has 0 spiro atoms. The molecule has 7 heteroatoms. The lowest BCUT2D eigenvalue weighted by molar-refractivity contribution is 0.0996. The number of benzene rings is 1. The first-order valence-corrected chi connectivity index (χ1v) is 8.13. The molecular weight excluding hydrogens is 332 g/mol. The predicted molar refractivity (Wildman–Crippen MR) is 96.5 cm³/mol. The molecule has 132 valence electrons. The number of methoxy groups -OCH3 is 2. The van der Waals surface area contributed by atoms with E-state index in [1.807, 2.05) is 43.6 Å². The first-order valence-electron chi connectivity index (χ1n) is 8.13. The van der Waals surface area contributed by atoms with Crippen LogP contribution in [0.4, 0.5) is 5.82 Å². The molecule has 3 heterocycles. The van der Waals surface area contributed by atoms with Gasteiger partial charge in [-0.05, 0) is 29.3 Å². The van der Waals surface area contributed by atoms with E-state index in [1.54, 1.807) is 30.0 Å². The average molecular weight is 350 g/mol. The lowest BCUT2D eigenvalue weighted by Crippen LogP contribution is -2.23. The average Bonchev–Trinajstić information content (AvgIpc) is 3.24. The number of rotatable bonds is 4. The Labute approximate surface area is 150 Å². The Morgan fingerprint density at radius 3 is 2.62 bits per heavy atom. The molecule has 0 saturated carbocycles. The van der Waals surface area contributed by atoms with Crippen molar-refractivity contribution in [2.75, 3.05) is 19.1 Å². The van der Waals surface area contributed by atoms with E-state index in [-0.39, 0.29) is 5.91 Å². The monoisotopic (exact) mass is 350 g/mol. The number of pyridine rings is 1. The molecule has 2 aromatic heterocycles. The summed E-state index contributed by atoms with van der Waals surface area (Å²) in [5.74, 6) is 1.63. The van der Waals surface area contributed by atoms with E-state index in [0.29, 0.717) is 29.6 Å². The molecule has 4 rings (SSSR count). The summed E-state index contributed by atoms with van der Waals surface area (Å²) >= 11 is 0. The fourth-order valence-corrected chi connectivity index (χ4v) is 3.12. The molecular formula is C19H18N4O3. The van der Waals surface area contributed by atoms with E-state index in [0.717, 1.165) is 16.7 Å². The van der Waals surface area contributed by atoms with Crippen LogP contribution < -0.4 is 14.4 Å². The Kier molecular flexibility index (Phi) is 3.84. The summed E-state index contributed by atoms with van der Waals surface area (Å²) in [5, 5.41) is 4.33. The Balaban J connectivity index is 1.69. The van der Waals surface area contributed by atoms with E-state index in [9.17, 15) is 4.79 Å². The largest absolute Gasteiger partial charge is 0.491 e. The quantitative estimate of drug-likeness (QED) is 0.723. The molecule has 26 heavy (non-hydrogen) atoms. The van der Waals surface area contributed by atoms with Crippen LogP contribution in [0.2, 0.25) is 0 Å². The van der Waals surface area contributed by atoms with E-state index in [4.69, 9.17) is 9.47 Å². The van der Waals surface area contributed by atoms with Gasteiger partial charge in [-0.25, -0.2) is 4.98 Å². The predicted octanol–water partition coefficient (Wildman–Crippen LogP) is 2.66. The van der Waals surface area contributed by atoms with Gasteiger partial charge < -0.3 is 9.47 Å². The van der Waals surface area contributed by atoms with Crippen molar-refractivity contribution in [3.63, 3.8) is 0 Å². The molecule has 1 aliphatic rings. The van der Waals surface area contributed by atoms with E-state index >= 15 is 0 Å². The Morgan fingerprint density at radius 2 is 1.92 bits per heavy atom. The summed E-state index contributed by atoms with van der Waals surface area (Å²) in [6.07, 6.45) is 3.56. The van der Waals surface area contributed by atoms with Gasteiger partial charge in [0.15, 0.2) is 11.6 Å². The van der Waals surface area contributed by atoms with Crippen LogP contribution in [0.5, 0.6) is 11.6 Å². The second-order valence-electron chi connectivity index (χ2n) is 6.05. The summed E-state index contributed by atoms with van der Waals surface area (Å²) in [6, 6.07) is 9.50. The standard InChI is InChI=1S/C19H18N4O3/c1-22-7-6-17(21-22)23-11-14-8-12(4-5-15(14)19(23)24)13-9-16(25-2)18(26-3)20-10-13/h4-10H,11H2,1-3H3. The first-order chi connectivity index (χ1) is 12.6. The number of carbonyl (C=O) groups excluding carboxylic acids is 1. The Hall–Kier alpha value is -3.35. The summed E-state index contributed by atoms with van der Waals surface area (Å²) in [4.78, 5) is 18.6. The molecule has 1 amide bonds. The Morgan fingerprint density at radius 1 is 1.08 bits per heavy atom. The molecule has 1 aromatic carbocycles. The van der Waals surface area contributed by atoms with Crippen LogP contribution in [0.15, 0.2) is 42.7 Å². The van der Waals surface area contributed by atoms with Crippen LogP contribution >= 0.6 is 0 Å². The van der Waals surface area contributed by atoms with Crippen LogP contribution in [-0.2, 0) is 13.6 Å². The van der Waals surface area contributed by atoms with Crippen LogP contribution in [0.25, 0.3) is 11.1 Å². The fourth-order valence-electron chi connectivity index (χ4n) is 3.12. The molecule has 0 atom stereocenters. The number of nitrogens with zero attached hydrogens (tertiary/aromatic N) is 4. The zero-order valence-corrected chi connectivity index (χ0v) is 14.8. The number of aryl methyl sites for hydroxylation is 1. The topological polar surface area (TPSA) is 69.5 Å². The molecule has 0 bridgehead atoms. The van der Waals surface area contributed by atoms with Gasteiger partial charge in [-0.1, -0.05) is 6.07 Å². The van der Waals surface area contributed by atoms with Gasteiger partial charge in [-0.2, -0.15) is 5.10 Å². The lowest BCUT2D eigenvalue weighted by Gasteiger charge is -2.11. The highest BCUT2D eigenvalue weighted by molar-refractivity contribution is 6.09. The summed E-state index contributed by atoms with van der Waals surface area (Å²) in [6.45, 7) is 0.500. The van der Waals surface area contributed by atoms with Gasteiger partial charge in [0.25, 0.3) is 11.8 Å². The third-order valence-corrected chi connectivity index (χ3v) is 4.45. The number of ether oxygens (including phenoxy) is 2. The van der Waals surface area contributed by atoms with Crippen molar-refractivity contribution in [1.29, 1.82) is 0 Å². The Bertz CT molecular complexity index is 996. The van der Waals surface area contributed by atoms with Gasteiger partial charge in [0.05, 0.1) is 20.8 Å².